The number of hydrogen-bond donors (Lipinski definition) is 1. The van der Waals surface area contributed by atoms with E-state index in [2.05, 4.69) is 43.3 Å². The van der Waals surface area contributed by atoms with E-state index in [9.17, 15) is 4.79 Å². The van der Waals surface area contributed by atoms with Gasteiger partial charge in [0.1, 0.15) is 6.54 Å². The van der Waals surface area contributed by atoms with E-state index >= 15 is 0 Å². The molecule has 0 aliphatic heterocycles. The molecule has 0 fully saturated rings. The molecule has 23 heavy (non-hydrogen) atoms. The fourth-order valence-corrected chi connectivity index (χ4v) is 2.75. The Bertz CT molecular complexity index is 831. The maximum absolute atomic E-state index is 12.1. The van der Waals surface area contributed by atoms with Crippen LogP contribution in [-0.2, 0) is 11.3 Å². The van der Waals surface area contributed by atoms with E-state index in [0.29, 0.717) is 5.82 Å². The number of aryl methyl sites for hydroxylation is 1. The van der Waals surface area contributed by atoms with Gasteiger partial charge in [-0.2, -0.15) is 4.80 Å². The highest BCUT2D eigenvalue weighted by atomic mass is 127. The second-order valence-corrected chi connectivity index (χ2v) is 6.26. The first kappa shape index (κ1) is 15.6. The van der Waals surface area contributed by atoms with Crippen LogP contribution in [0, 0.1) is 10.5 Å². The van der Waals surface area contributed by atoms with E-state index in [1.807, 2.05) is 55.5 Å². The van der Waals surface area contributed by atoms with Crippen LogP contribution in [0.1, 0.15) is 5.56 Å². The summed E-state index contributed by atoms with van der Waals surface area (Å²) in [4.78, 5) is 13.4. The number of carbonyl (C=O) groups is 1. The number of anilines is 1. The third-order valence-corrected chi connectivity index (χ3v) is 3.90. The number of tetrazole rings is 1. The van der Waals surface area contributed by atoms with Crippen molar-refractivity contribution in [2.75, 3.05) is 5.32 Å². The zero-order valence-corrected chi connectivity index (χ0v) is 14.6. The van der Waals surface area contributed by atoms with Crippen molar-refractivity contribution in [3.8, 4) is 11.4 Å². The van der Waals surface area contributed by atoms with Gasteiger partial charge in [0.05, 0.1) is 0 Å². The van der Waals surface area contributed by atoms with Crippen molar-refractivity contribution in [2.45, 2.75) is 13.5 Å². The molecule has 1 heterocycles. The molecule has 0 aliphatic rings. The monoisotopic (exact) mass is 419 g/mol. The van der Waals surface area contributed by atoms with Crippen LogP contribution in [0.25, 0.3) is 11.4 Å². The van der Waals surface area contributed by atoms with E-state index in [0.717, 1.165) is 20.4 Å². The van der Waals surface area contributed by atoms with Gasteiger partial charge in [0.15, 0.2) is 0 Å². The van der Waals surface area contributed by atoms with Crippen LogP contribution in [0.15, 0.2) is 48.5 Å². The van der Waals surface area contributed by atoms with Crippen molar-refractivity contribution in [1.82, 2.24) is 20.2 Å². The average Bonchev–Trinajstić information content (AvgIpc) is 2.99. The Kier molecular flexibility index (Phi) is 4.65. The number of amides is 1. The van der Waals surface area contributed by atoms with E-state index in [4.69, 9.17) is 0 Å². The lowest BCUT2D eigenvalue weighted by molar-refractivity contribution is -0.117. The number of rotatable bonds is 4. The summed E-state index contributed by atoms with van der Waals surface area (Å²) >= 11 is 2.24. The summed E-state index contributed by atoms with van der Waals surface area (Å²) in [7, 11) is 0. The Morgan fingerprint density at radius 3 is 2.74 bits per heavy atom. The predicted octanol–water partition coefficient (Wildman–Crippen LogP) is 2.89. The molecule has 0 atom stereocenters. The fourth-order valence-electron chi connectivity index (χ4n) is 2.10. The highest BCUT2D eigenvalue weighted by Gasteiger charge is 2.10. The van der Waals surface area contributed by atoms with Crippen molar-refractivity contribution in [1.29, 1.82) is 0 Å². The van der Waals surface area contributed by atoms with Gasteiger partial charge in [0, 0.05) is 14.8 Å². The van der Waals surface area contributed by atoms with Crippen molar-refractivity contribution in [3.05, 3.63) is 57.7 Å². The standard InChI is InChI=1S/C16H14IN5O/c1-11-9-13(17)7-8-14(11)18-15(23)10-22-20-16(19-21-22)12-5-3-2-4-6-12/h2-9H,10H2,1H3,(H,18,23). The highest BCUT2D eigenvalue weighted by Crippen LogP contribution is 2.17. The minimum absolute atomic E-state index is 0.0191. The summed E-state index contributed by atoms with van der Waals surface area (Å²) in [5.41, 5.74) is 2.67. The molecular weight excluding hydrogens is 405 g/mol. The number of aromatic nitrogens is 4. The third kappa shape index (κ3) is 3.92. The first-order valence-corrected chi connectivity index (χ1v) is 8.09. The van der Waals surface area contributed by atoms with Gasteiger partial charge in [-0.05, 0) is 58.5 Å². The summed E-state index contributed by atoms with van der Waals surface area (Å²) < 4.78 is 1.13. The van der Waals surface area contributed by atoms with Crippen molar-refractivity contribution in [3.63, 3.8) is 0 Å². The largest absolute Gasteiger partial charge is 0.324 e. The lowest BCUT2D eigenvalue weighted by atomic mass is 10.2. The summed E-state index contributed by atoms with van der Waals surface area (Å²) in [6, 6.07) is 15.4. The van der Waals surface area contributed by atoms with Gasteiger partial charge in [-0.1, -0.05) is 30.3 Å². The van der Waals surface area contributed by atoms with Crippen molar-refractivity contribution in [2.24, 2.45) is 0 Å². The number of halogens is 1. The van der Waals surface area contributed by atoms with E-state index in [-0.39, 0.29) is 12.5 Å². The quantitative estimate of drug-likeness (QED) is 0.661. The molecule has 1 aromatic heterocycles. The maximum atomic E-state index is 12.1. The summed E-state index contributed by atoms with van der Waals surface area (Å²) in [6.07, 6.45) is 0. The number of nitrogens with one attached hydrogen (secondary N) is 1. The molecule has 1 N–H and O–H groups in total. The van der Waals surface area contributed by atoms with Gasteiger partial charge in [-0.25, -0.2) is 0 Å². The molecule has 2 aromatic carbocycles. The Morgan fingerprint density at radius 2 is 2.00 bits per heavy atom. The first-order valence-electron chi connectivity index (χ1n) is 7.01. The van der Waals surface area contributed by atoms with Crippen LogP contribution in [0.2, 0.25) is 0 Å². The summed E-state index contributed by atoms with van der Waals surface area (Å²) in [5, 5.41) is 15.0. The zero-order valence-electron chi connectivity index (χ0n) is 12.4. The molecule has 0 bridgehead atoms. The molecule has 0 radical (unpaired) electrons. The fraction of sp³-hybridized carbons (Fsp3) is 0.125. The minimum Gasteiger partial charge on any atom is -0.324 e. The average molecular weight is 419 g/mol. The van der Waals surface area contributed by atoms with Crippen LogP contribution in [0.3, 0.4) is 0 Å². The molecule has 0 unspecified atom stereocenters. The van der Waals surface area contributed by atoms with Crippen LogP contribution in [0.5, 0.6) is 0 Å². The third-order valence-electron chi connectivity index (χ3n) is 3.23. The van der Waals surface area contributed by atoms with Gasteiger partial charge in [0.2, 0.25) is 11.7 Å². The SMILES string of the molecule is Cc1cc(I)ccc1NC(=O)Cn1nnc(-c2ccccc2)n1. The van der Waals surface area contributed by atoms with Gasteiger partial charge in [-0.15, -0.1) is 10.2 Å². The second kappa shape index (κ2) is 6.86. The van der Waals surface area contributed by atoms with Crippen LogP contribution < -0.4 is 5.32 Å². The molecule has 116 valence electrons. The molecule has 3 rings (SSSR count). The molecular formula is C16H14IN5O. The van der Waals surface area contributed by atoms with E-state index < -0.39 is 0 Å². The Morgan fingerprint density at radius 1 is 1.22 bits per heavy atom. The highest BCUT2D eigenvalue weighted by molar-refractivity contribution is 14.1. The van der Waals surface area contributed by atoms with Crippen molar-refractivity contribution < 1.29 is 4.79 Å². The number of hydrogen-bond acceptors (Lipinski definition) is 4. The summed E-state index contributed by atoms with van der Waals surface area (Å²) in [5.74, 6) is 0.315. The first-order chi connectivity index (χ1) is 11.1. The normalized spacial score (nSPS) is 10.5. The number of nitrogens with zero attached hydrogens (tertiary/aromatic N) is 4. The minimum atomic E-state index is -0.189. The number of benzene rings is 2. The van der Waals surface area contributed by atoms with Crippen LogP contribution in [0.4, 0.5) is 5.69 Å². The Labute approximate surface area is 147 Å². The molecule has 3 aromatic rings. The molecule has 0 aliphatic carbocycles. The van der Waals surface area contributed by atoms with E-state index in [1.165, 1.54) is 4.80 Å². The van der Waals surface area contributed by atoms with Gasteiger partial charge in [0.25, 0.3) is 0 Å². The Hall–Kier alpha value is -2.29. The van der Waals surface area contributed by atoms with Gasteiger partial charge >= 0.3 is 0 Å². The molecule has 0 saturated carbocycles. The lowest BCUT2D eigenvalue weighted by Crippen LogP contribution is -2.21. The molecule has 0 saturated heterocycles. The second-order valence-electron chi connectivity index (χ2n) is 5.02. The van der Waals surface area contributed by atoms with Crippen molar-refractivity contribution >= 4 is 34.2 Å². The smallest absolute Gasteiger partial charge is 0.248 e. The van der Waals surface area contributed by atoms with Gasteiger partial charge < -0.3 is 5.32 Å². The number of carbonyl (C=O) groups excluding carboxylic acids is 1. The molecule has 6 nitrogen and oxygen atoms in total. The molecule has 7 heteroatoms. The topological polar surface area (TPSA) is 72.7 Å². The van der Waals surface area contributed by atoms with Gasteiger partial charge in [-0.3, -0.25) is 4.79 Å². The molecule has 0 spiro atoms. The maximum Gasteiger partial charge on any atom is 0.248 e. The zero-order chi connectivity index (χ0) is 16.2. The predicted molar refractivity (Wildman–Crippen MR) is 95.8 cm³/mol. The molecule has 1 amide bonds. The summed E-state index contributed by atoms with van der Waals surface area (Å²) in [6.45, 7) is 1.98. The van der Waals surface area contributed by atoms with E-state index in [1.54, 1.807) is 0 Å². The lowest BCUT2D eigenvalue weighted by Gasteiger charge is -2.08. The van der Waals surface area contributed by atoms with Crippen LogP contribution in [-0.4, -0.2) is 26.1 Å². The Balaban J connectivity index is 1.68. The van der Waals surface area contributed by atoms with Crippen LogP contribution >= 0.6 is 22.6 Å².